The molecule has 2 rings (SSSR count). The van der Waals surface area contributed by atoms with Gasteiger partial charge in [-0.3, -0.25) is 4.79 Å². The Bertz CT molecular complexity index is 688. The topological polar surface area (TPSA) is 105 Å². The highest BCUT2D eigenvalue weighted by molar-refractivity contribution is 9.10. The molecule has 0 radical (unpaired) electrons. The lowest BCUT2D eigenvalue weighted by Gasteiger charge is -2.10. The van der Waals surface area contributed by atoms with E-state index in [0.717, 1.165) is 0 Å². The average Bonchev–Trinajstić information content (AvgIpc) is 2.41. The van der Waals surface area contributed by atoms with Crippen molar-refractivity contribution < 1.29 is 14.7 Å². The Hall–Kier alpha value is -2.41. The molecule has 1 aromatic carbocycles. The maximum atomic E-state index is 11.3. The van der Waals surface area contributed by atoms with Crippen molar-refractivity contribution in [2.75, 3.05) is 5.32 Å². The van der Waals surface area contributed by atoms with Gasteiger partial charge in [0.1, 0.15) is 5.82 Å². The third-order valence-electron chi connectivity index (χ3n) is 2.53. The van der Waals surface area contributed by atoms with Crippen LogP contribution >= 0.6 is 15.9 Å². The first-order valence-corrected chi connectivity index (χ1v) is 6.33. The number of nitrogens with zero attached hydrogens (tertiary/aromatic N) is 1. The fraction of sp³-hybridized carbons (Fsp3) is 0. The van der Waals surface area contributed by atoms with Gasteiger partial charge < -0.3 is 16.2 Å². The van der Waals surface area contributed by atoms with Gasteiger partial charge in [0, 0.05) is 16.4 Å². The fourth-order valence-corrected chi connectivity index (χ4v) is 2.02. The minimum atomic E-state index is -1.06. The summed E-state index contributed by atoms with van der Waals surface area (Å²) in [5.74, 6) is -1.40. The number of carbonyl (C=O) groups is 2. The summed E-state index contributed by atoms with van der Waals surface area (Å²) in [7, 11) is 0. The van der Waals surface area contributed by atoms with E-state index in [0.29, 0.717) is 10.2 Å². The van der Waals surface area contributed by atoms with E-state index in [2.05, 4.69) is 26.2 Å². The molecule has 6 nitrogen and oxygen atoms in total. The van der Waals surface area contributed by atoms with Crippen molar-refractivity contribution >= 4 is 39.3 Å². The lowest BCUT2D eigenvalue weighted by molar-refractivity contribution is 0.0695. The highest BCUT2D eigenvalue weighted by Gasteiger charge is 2.12. The van der Waals surface area contributed by atoms with Gasteiger partial charge in [0.05, 0.1) is 11.1 Å². The summed E-state index contributed by atoms with van der Waals surface area (Å²) in [6.45, 7) is 0. The normalized spacial score (nSPS) is 10.1. The smallest absolute Gasteiger partial charge is 0.336 e. The number of halogens is 1. The number of pyridine rings is 1. The first-order valence-electron chi connectivity index (χ1n) is 5.53. The second-order valence-corrected chi connectivity index (χ2v) is 4.74. The fourth-order valence-electron chi connectivity index (χ4n) is 1.61. The summed E-state index contributed by atoms with van der Waals surface area (Å²) in [4.78, 5) is 26.4. The van der Waals surface area contributed by atoms with Crippen molar-refractivity contribution in [1.29, 1.82) is 0 Å². The van der Waals surface area contributed by atoms with Gasteiger partial charge in [0.15, 0.2) is 0 Å². The number of anilines is 2. The van der Waals surface area contributed by atoms with Crippen molar-refractivity contribution in [3.8, 4) is 0 Å². The van der Waals surface area contributed by atoms with Gasteiger partial charge in [-0.1, -0.05) is 0 Å². The first kappa shape index (κ1) is 14.0. The Balaban J connectivity index is 2.38. The lowest BCUT2D eigenvalue weighted by atomic mass is 10.2. The van der Waals surface area contributed by atoms with Crippen LogP contribution in [0.3, 0.4) is 0 Å². The molecule has 20 heavy (non-hydrogen) atoms. The summed E-state index contributed by atoms with van der Waals surface area (Å²) in [6.07, 6.45) is 1.51. The number of amides is 1. The van der Waals surface area contributed by atoms with Gasteiger partial charge in [0.25, 0.3) is 5.91 Å². The van der Waals surface area contributed by atoms with Gasteiger partial charge in [-0.25, -0.2) is 9.78 Å². The third kappa shape index (κ3) is 2.94. The molecule has 2 aromatic rings. The molecule has 1 heterocycles. The van der Waals surface area contributed by atoms with Crippen LogP contribution < -0.4 is 11.1 Å². The highest BCUT2D eigenvalue weighted by Crippen LogP contribution is 2.24. The zero-order valence-electron chi connectivity index (χ0n) is 10.1. The quantitative estimate of drug-likeness (QED) is 0.795. The van der Waals surface area contributed by atoms with Gasteiger partial charge >= 0.3 is 5.97 Å². The molecule has 1 aromatic heterocycles. The van der Waals surface area contributed by atoms with Crippen LogP contribution in [0.1, 0.15) is 20.7 Å². The number of rotatable bonds is 4. The standard InChI is InChI=1S/C13H10BrN3O3/c14-10-4-3-7(6-9(10)13(19)20)17-12-8(11(15)18)2-1-5-16-12/h1-6H,(H2,15,18)(H,16,17)(H,19,20). The number of carbonyl (C=O) groups excluding carboxylic acids is 1. The SMILES string of the molecule is NC(=O)c1cccnc1Nc1ccc(Br)c(C(=O)O)c1. The Labute approximate surface area is 122 Å². The summed E-state index contributed by atoms with van der Waals surface area (Å²) < 4.78 is 0.465. The molecule has 0 bridgehead atoms. The van der Waals surface area contributed by atoms with Crippen LogP contribution in [0.25, 0.3) is 0 Å². The zero-order valence-corrected chi connectivity index (χ0v) is 11.7. The van der Waals surface area contributed by atoms with Crippen molar-refractivity contribution in [1.82, 2.24) is 4.98 Å². The molecule has 0 aliphatic rings. The number of primary amides is 1. The molecular weight excluding hydrogens is 326 g/mol. The van der Waals surface area contributed by atoms with E-state index in [1.165, 1.54) is 18.3 Å². The molecule has 0 unspecified atom stereocenters. The van der Waals surface area contributed by atoms with Crippen molar-refractivity contribution in [3.05, 3.63) is 52.1 Å². The number of aromatic nitrogens is 1. The number of carboxylic acid groups (broad SMARTS) is 1. The van der Waals surface area contributed by atoms with E-state index in [-0.39, 0.29) is 16.9 Å². The molecule has 0 spiro atoms. The van der Waals surface area contributed by atoms with E-state index < -0.39 is 11.9 Å². The molecule has 0 aliphatic heterocycles. The number of aromatic carboxylic acids is 1. The van der Waals surface area contributed by atoms with Crippen LogP contribution in [-0.2, 0) is 0 Å². The first-order chi connectivity index (χ1) is 9.49. The van der Waals surface area contributed by atoms with Gasteiger partial charge in [0.2, 0.25) is 0 Å². The maximum absolute atomic E-state index is 11.3. The summed E-state index contributed by atoms with van der Waals surface area (Å²) in [5, 5.41) is 11.9. The van der Waals surface area contributed by atoms with Crippen LogP contribution in [-0.4, -0.2) is 22.0 Å². The minimum Gasteiger partial charge on any atom is -0.478 e. The molecular formula is C13H10BrN3O3. The van der Waals surface area contributed by atoms with Gasteiger partial charge in [-0.2, -0.15) is 0 Å². The molecule has 0 saturated heterocycles. The molecule has 0 saturated carbocycles. The molecule has 0 fully saturated rings. The maximum Gasteiger partial charge on any atom is 0.336 e. The summed E-state index contributed by atoms with van der Waals surface area (Å²) in [5.41, 5.74) is 6.07. The summed E-state index contributed by atoms with van der Waals surface area (Å²) in [6, 6.07) is 7.82. The Morgan fingerprint density at radius 2 is 2.00 bits per heavy atom. The zero-order chi connectivity index (χ0) is 14.7. The van der Waals surface area contributed by atoms with Crippen LogP contribution in [0, 0.1) is 0 Å². The number of hydrogen-bond donors (Lipinski definition) is 3. The van der Waals surface area contributed by atoms with E-state index in [4.69, 9.17) is 10.8 Å². The highest BCUT2D eigenvalue weighted by atomic mass is 79.9. The summed E-state index contributed by atoms with van der Waals surface area (Å²) >= 11 is 3.16. The monoisotopic (exact) mass is 335 g/mol. The number of nitrogens with two attached hydrogens (primary N) is 1. The number of hydrogen-bond acceptors (Lipinski definition) is 4. The Morgan fingerprint density at radius 1 is 1.25 bits per heavy atom. The molecule has 7 heteroatoms. The predicted octanol–water partition coefficient (Wildman–Crippen LogP) is 2.38. The van der Waals surface area contributed by atoms with Crippen LogP contribution in [0.15, 0.2) is 41.0 Å². The second-order valence-electron chi connectivity index (χ2n) is 3.89. The predicted molar refractivity (Wildman–Crippen MR) is 77.1 cm³/mol. The van der Waals surface area contributed by atoms with Gasteiger partial charge in [-0.15, -0.1) is 0 Å². The van der Waals surface area contributed by atoms with Crippen LogP contribution in [0.4, 0.5) is 11.5 Å². The van der Waals surface area contributed by atoms with Crippen molar-refractivity contribution in [2.24, 2.45) is 5.73 Å². The number of nitrogens with one attached hydrogen (secondary N) is 1. The van der Waals surface area contributed by atoms with Crippen molar-refractivity contribution in [2.45, 2.75) is 0 Å². The van der Waals surface area contributed by atoms with Gasteiger partial charge in [-0.05, 0) is 46.3 Å². The average molecular weight is 336 g/mol. The third-order valence-corrected chi connectivity index (χ3v) is 3.22. The van der Waals surface area contributed by atoms with Crippen molar-refractivity contribution in [3.63, 3.8) is 0 Å². The molecule has 1 amide bonds. The minimum absolute atomic E-state index is 0.103. The second kappa shape index (κ2) is 5.70. The van der Waals surface area contributed by atoms with E-state index in [9.17, 15) is 9.59 Å². The van der Waals surface area contributed by atoms with Crippen LogP contribution in [0.5, 0.6) is 0 Å². The van der Waals surface area contributed by atoms with E-state index in [1.807, 2.05) is 0 Å². The van der Waals surface area contributed by atoms with E-state index >= 15 is 0 Å². The van der Waals surface area contributed by atoms with E-state index in [1.54, 1.807) is 18.2 Å². The Morgan fingerprint density at radius 3 is 2.65 bits per heavy atom. The molecule has 0 aliphatic carbocycles. The Kier molecular flexibility index (Phi) is 3.99. The molecule has 0 atom stereocenters. The lowest BCUT2D eigenvalue weighted by Crippen LogP contribution is -2.14. The van der Waals surface area contributed by atoms with Crippen LogP contribution in [0.2, 0.25) is 0 Å². The number of benzene rings is 1. The number of carboxylic acids is 1. The molecule has 4 N–H and O–H groups in total. The largest absolute Gasteiger partial charge is 0.478 e. The molecule has 102 valence electrons.